The van der Waals surface area contributed by atoms with Crippen LogP contribution in [0, 0.1) is 6.92 Å². The lowest BCUT2D eigenvalue weighted by molar-refractivity contribution is 0.329. The topological polar surface area (TPSA) is 64.8 Å². The third-order valence-corrected chi connectivity index (χ3v) is 4.12. The molecule has 0 aliphatic heterocycles. The normalized spacial score (nSPS) is 18.9. The van der Waals surface area contributed by atoms with Gasteiger partial charge >= 0.3 is 0 Å². The van der Waals surface area contributed by atoms with Gasteiger partial charge in [0.05, 0.1) is 0 Å². The Bertz CT molecular complexity index is 477. The summed E-state index contributed by atoms with van der Waals surface area (Å²) in [5.74, 6) is 0.617. The van der Waals surface area contributed by atoms with Crippen molar-refractivity contribution in [3.8, 4) is 0 Å². The third-order valence-electron chi connectivity index (χ3n) is 2.99. The molecule has 0 aromatic carbocycles. The Morgan fingerprint density at radius 3 is 2.44 bits per heavy atom. The molecule has 7 heteroatoms. The largest absolute Gasteiger partial charge is 0.298 e. The van der Waals surface area contributed by atoms with E-state index >= 15 is 0 Å². The first-order chi connectivity index (χ1) is 7.50. The van der Waals surface area contributed by atoms with Crippen LogP contribution in [-0.2, 0) is 9.05 Å². The lowest BCUT2D eigenvalue weighted by Crippen LogP contribution is -2.17. The van der Waals surface area contributed by atoms with Crippen LogP contribution in [0.1, 0.15) is 44.0 Å². The van der Waals surface area contributed by atoms with Gasteiger partial charge in [0.2, 0.25) is 0 Å². The molecule has 0 radical (unpaired) electrons. The summed E-state index contributed by atoms with van der Waals surface area (Å²) in [5, 5.41) is 7.35. The van der Waals surface area contributed by atoms with Crippen molar-refractivity contribution in [2.24, 2.45) is 0 Å². The Hall–Kier alpha value is -0.620. The second-order valence-corrected chi connectivity index (χ2v) is 6.59. The summed E-state index contributed by atoms with van der Waals surface area (Å²) in [6.07, 6.45) is 5.38. The van der Waals surface area contributed by atoms with Crippen LogP contribution in [0.25, 0.3) is 0 Å². The van der Waals surface area contributed by atoms with Crippen molar-refractivity contribution in [1.82, 2.24) is 14.8 Å². The van der Waals surface area contributed by atoms with Gasteiger partial charge in [0.25, 0.3) is 14.2 Å². The van der Waals surface area contributed by atoms with Crippen LogP contribution < -0.4 is 0 Å². The van der Waals surface area contributed by atoms with Crippen molar-refractivity contribution in [2.75, 3.05) is 0 Å². The highest BCUT2D eigenvalue weighted by Crippen LogP contribution is 2.31. The van der Waals surface area contributed by atoms with E-state index in [0.717, 1.165) is 25.7 Å². The summed E-state index contributed by atoms with van der Waals surface area (Å²) in [6, 6.07) is 0.173. The Labute approximate surface area is 99.2 Å². The molecule has 0 amide bonds. The SMILES string of the molecule is Cc1nnc(S(=O)(=O)Cl)n1C1CCCCC1. The van der Waals surface area contributed by atoms with Gasteiger partial charge in [-0.3, -0.25) is 4.57 Å². The van der Waals surface area contributed by atoms with E-state index in [9.17, 15) is 8.42 Å². The smallest absolute Gasteiger partial charge is 0.296 e. The van der Waals surface area contributed by atoms with Crippen molar-refractivity contribution in [3.63, 3.8) is 0 Å². The zero-order valence-electron chi connectivity index (χ0n) is 9.06. The molecule has 0 bridgehead atoms. The summed E-state index contributed by atoms with van der Waals surface area (Å²) < 4.78 is 24.4. The van der Waals surface area contributed by atoms with Gasteiger partial charge in [-0.15, -0.1) is 10.2 Å². The van der Waals surface area contributed by atoms with Gasteiger partial charge in [0.1, 0.15) is 5.82 Å². The van der Waals surface area contributed by atoms with E-state index in [0.29, 0.717) is 5.82 Å². The van der Waals surface area contributed by atoms with Crippen LogP contribution in [0.5, 0.6) is 0 Å². The number of rotatable bonds is 2. The summed E-state index contributed by atoms with van der Waals surface area (Å²) >= 11 is 0. The maximum atomic E-state index is 11.4. The van der Waals surface area contributed by atoms with Crippen molar-refractivity contribution in [3.05, 3.63) is 5.82 Å². The quantitative estimate of drug-likeness (QED) is 0.766. The highest BCUT2D eigenvalue weighted by atomic mass is 35.7. The van der Waals surface area contributed by atoms with Gasteiger partial charge in [-0.1, -0.05) is 19.3 Å². The van der Waals surface area contributed by atoms with Gasteiger partial charge < -0.3 is 0 Å². The van der Waals surface area contributed by atoms with Crippen LogP contribution in [0.2, 0.25) is 0 Å². The van der Waals surface area contributed by atoms with Crippen LogP contribution in [-0.4, -0.2) is 23.2 Å². The monoisotopic (exact) mass is 263 g/mol. The number of aryl methyl sites for hydroxylation is 1. The van der Waals surface area contributed by atoms with Crippen molar-refractivity contribution in [1.29, 1.82) is 0 Å². The molecule has 0 N–H and O–H groups in total. The fourth-order valence-electron chi connectivity index (χ4n) is 2.28. The van der Waals surface area contributed by atoms with E-state index in [1.165, 1.54) is 6.42 Å². The van der Waals surface area contributed by atoms with E-state index in [2.05, 4.69) is 10.2 Å². The maximum absolute atomic E-state index is 11.4. The molecule has 1 fully saturated rings. The number of aromatic nitrogens is 3. The minimum Gasteiger partial charge on any atom is -0.298 e. The Morgan fingerprint density at radius 2 is 1.88 bits per heavy atom. The number of hydrogen-bond donors (Lipinski definition) is 0. The molecule has 1 heterocycles. The Kier molecular flexibility index (Phi) is 3.21. The van der Waals surface area contributed by atoms with Gasteiger partial charge in [0, 0.05) is 16.7 Å². The molecule has 1 saturated carbocycles. The average molecular weight is 264 g/mol. The molecule has 16 heavy (non-hydrogen) atoms. The summed E-state index contributed by atoms with van der Waals surface area (Å²) in [5.41, 5.74) is 0. The highest BCUT2D eigenvalue weighted by Gasteiger charge is 2.27. The predicted octanol–water partition coefficient (Wildman–Crippen LogP) is 2.02. The maximum Gasteiger partial charge on any atom is 0.296 e. The number of hydrogen-bond acceptors (Lipinski definition) is 4. The van der Waals surface area contributed by atoms with Gasteiger partial charge in [0.15, 0.2) is 0 Å². The molecule has 1 aliphatic carbocycles. The summed E-state index contributed by atoms with van der Waals surface area (Å²) in [7, 11) is 1.54. The fourth-order valence-corrected chi connectivity index (χ4v) is 3.25. The fraction of sp³-hybridized carbons (Fsp3) is 0.778. The van der Waals surface area contributed by atoms with Crippen LogP contribution in [0.15, 0.2) is 5.16 Å². The first-order valence-corrected chi connectivity index (χ1v) is 7.67. The van der Waals surface area contributed by atoms with Gasteiger partial charge in [-0.2, -0.15) is 0 Å². The number of halogens is 1. The van der Waals surface area contributed by atoms with Crippen LogP contribution >= 0.6 is 10.7 Å². The first kappa shape index (κ1) is 11.9. The molecule has 0 spiro atoms. The first-order valence-electron chi connectivity index (χ1n) is 5.36. The molecule has 2 rings (SSSR count). The molecule has 1 aromatic rings. The lowest BCUT2D eigenvalue weighted by Gasteiger charge is -2.24. The van der Waals surface area contributed by atoms with E-state index in [4.69, 9.17) is 10.7 Å². The molecule has 1 aliphatic rings. The minimum atomic E-state index is -3.80. The number of nitrogens with zero attached hydrogens (tertiary/aromatic N) is 3. The lowest BCUT2D eigenvalue weighted by atomic mass is 9.95. The van der Waals surface area contributed by atoms with Crippen molar-refractivity contribution in [2.45, 2.75) is 50.2 Å². The molecular weight excluding hydrogens is 250 g/mol. The summed E-state index contributed by atoms with van der Waals surface area (Å²) in [4.78, 5) is 0. The highest BCUT2D eigenvalue weighted by molar-refractivity contribution is 8.13. The zero-order valence-corrected chi connectivity index (χ0v) is 10.6. The predicted molar refractivity (Wildman–Crippen MR) is 59.9 cm³/mol. The second kappa shape index (κ2) is 4.33. The zero-order chi connectivity index (χ0) is 11.8. The van der Waals surface area contributed by atoms with E-state index < -0.39 is 9.05 Å². The van der Waals surface area contributed by atoms with Crippen LogP contribution in [0.4, 0.5) is 0 Å². The van der Waals surface area contributed by atoms with Gasteiger partial charge in [-0.25, -0.2) is 8.42 Å². The molecule has 0 unspecified atom stereocenters. The third kappa shape index (κ3) is 2.22. The van der Waals surface area contributed by atoms with Crippen molar-refractivity contribution < 1.29 is 8.42 Å². The molecule has 0 saturated heterocycles. The van der Waals surface area contributed by atoms with Crippen molar-refractivity contribution >= 4 is 19.7 Å². The molecule has 5 nitrogen and oxygen atoms in total. The van der Waals surface area contributed by atoms with E-state index in [1.807, 2.05) is 0 Å². The average Bonchev–Trinajstić information content (AvgIpc) is 2.61. The second-order valence-electron chi connectivity index (χ2n) is 4.13. The van der Waals surface area contributed by atoms with Crippen LogP contribution in [0.3, 0.4) is 0 Å². The molecule has 1 aromatic heterocycles. The summed E-state index contributed by atoms with van der Waals surface area (Å²) in [6.45, 7) is 1.76. The van der Waals surface area contributed by atoms with E-state index in [1.54, 1.807) is 11.5 Å². The Balaban J connectivity index is 2.42. The van der Waals surface area contributed by atoms with E-state index in [-0.39, 0.29) is 11.2 Å². The molecule has 0 atom stereocenters. The van der Waals surface area contributed by atoms with Gasteiger partial charge in [-0.05, 0) is 19.8 Å². The molecular formula is C9H14ClN3O2S. The minimum absolute atomic E-state index is 0.112. The Morgan fingerprint density at radius 1 is 1.25 bits per heavy atom. The standard InChI is InChI=1S/C9H14ClN3O2S/c1-7-11-12-9(16(10,14)15)13(7)8-5-3-2-4-6-8/h8H,2-6H2,1H3. The molecule has 90 valence electrons.